The van der Waals surface area contributed by atoms with Gasteiger partial charge in [0.25, 0.3) is 0 Å². The zero-order valence-corrected chi connectivity index (χ0v) is 13.2. The van der Waals surface area contributed by atoms with Gasteiger partial charge in [0.15, 0.2) is 0 Å². The molecule has 116 valence electrons. The molecule has 20 heavy (non-hydrogen) atoms. The van der Waals surface area contributed by atoms with Crippen LogP contribution in [0, 0.1) is 17.3 Å². The number of ether oxygens (including phenoxy) is 1. The fourth-order valence-electron chi connectivity index (χ4n) is 3.80. The van der Waals surface area contributed by atoms with Crippen LogP contribution in [0.3, 0.4) is 0 Å². The Bertz CT molecular complexity index is 321. The van der Waals surface area contributed by atoms with Gasteiger partial charge in [0, 0.05) is 6.54 Å². The molecule has 0 saturated heterocycles. The van der Waals surface area contributed by atoms with E-state index in [1.807, 2.05) is 0 Å². The van der Waals surface area contributed by atoms with Crippen molar-refractivity contribution in [1.82, 2.24) is 0 Å². The monoisotopic (exact) mass is 281 g/mol. The lowest BCUT2D eigenvalue weighted by atomic mass is 9.71. The van der Waals surface area contributed by atoms with Crippen molar-refractivity contribution in [2.24, 2.45) is 23.0 Å². The van der Waals surface area contributed by atoms with Crippen molar-refractivity contribution in [3.8, 4) is 0 Å². The highest BCUT2D eigenvalue weighted by Gasteiger charge is 2.42. The average Bonchev–Trinajstić information content (AvgIpc) is 2.48. The summed E-state index contributed by atoms with van der Waals surface area (Å²) in [5, 5.41) is 0. The van der Waals surface area contributed by atoms with E-state index >= 15 is 0 Å². The summed E-state index contributed by atoms with van der Waals surface area (Å²) < 4.78 is 5.87. The molecule has 2 unspecified atom stereocenters. The summed E-state index contributed by atoms with van der Waals surface area (Å²) in [6.07, 6.45) is 9.97. The van der Waals surface area contributed by atoms with Crippen molar-refractivity contribution in [3.05, 3.63) is 0 Å². The van der Waals surface area contributed by atoms with E-state index in [9.17, 15) is 4.79 Å². The topological polar surface area (TPSA) is 52.3 Å². The summed E-state index contributed by atoms with van der Waals surface area (Å²) in [5.74, 6) is 1.46. The van der Waals surface area contributed by atoms with E-state index in [0.717, 1.165) is 50.4 Å². The van der Waals surface area contributed by atoms with Crippen LogP contribution in [0.15, 0.2) is 0 Å². The second-order valence-electron chi connectivity index (χ2n) is 7.14. The summed E-state index contributed by atoms with van der Waals surface area (Å²) in [5.41, 5.74) is 5.56. The maximum Gasteiger partial charge on any atom is 0.313 e. The third kappa shape index (κ3) is 3.55. The Morgan fingerprint density at radius 3 is 2.55 bits per heavy atom. The molecule has 0 radical (unpaired) electrons. The van der Waals surface area contributed by atoms with Crippen LogP contribution >= 0.6 is 0 Å². The van der Waals surface area contributed by atoms with Gasteiger partial charge in [-0.3, -0.25) is 4.79 Å². The van der Waals surface area contributed by atoms with Crippen LogP contribution in [0.4, 0.5) is 0 Å². The fourth-order valence-corrected chi connectivity index (χ4v) is 3.80. The summed E-state index contributed by atoms with van der Waals surface area (Å²) in [6.45, 7) is 4.94. The van der Waals surface area contributed by atoms with Gasteiger partial charge < -0.3 is 10.5 Å². The molecule has 3 heteroatoms. The van der Waals surface area contributed by atoms with Crippen LogP contribution in [-0.4, -0.2) is 18.6 Å². The Morgan fingerprint density at radius 1 is 1.25 bits per heavy atom. The van der Waals surface area contributed by atoms with Gasteiger partial charge in [0.2, 0.25) is 0 Å². The highest BCUT2D eigenvalue weighted by molar-refractivity contribution is 5.77. The predicted octanol–water partition coefficient (Wildman–Crippen LogP) is 3.65. The molecule has 0 heterocycles. The van der Waals surface area contributed by atoms with Gasteiger partial charge in [0.1, 0.15) is 6.10 Å². The fraction of sp³-hybridized carbons (Fsp3) is 0.941. The van der Waals surface area contributed by atoms with E-state index in [-0.39, 0.29) is 17.5 Å². The largest absolute Gasteiger partial charge is 0.462 e. The van der Waals surface area contributed by atoms with Gasteiger partial charge in [-0.1, -0.05) is 26.7 Å². The van der Waals surface area contributed by atoms with Crippen LogP contribution in [-0.2, 0) is 9.53 Å². The van der Waals surface area contributed by atoms with Gasteiger partial charge in [0.05, 0.1) is 5.41 Å². The molecule has 0 aromatic heterocycles. The van der Waals surface area contributed by atoms with Crippen LogP contribution < -0.4 is 5.73 Å². The first-order valence-corrected chi connectivity index (χ1v) is 8.51. The van der Waals surface area contributed by atoms with Gasteiger partial charge in [-0.05, 0) is 56.8 Å². The van der Waals surface area contributed by atoms with E-state index in [2.05, 4.69) is 13.8 Å². The van der Waals surface area contributed by atoms with Crippen molar-refractivity contribution < 1.29 is 9.53 Å². The molecule has 0 aromatic rings. The van der Waals surface area contributed by atoms with E-state index < -0.39 is 0 Å². The molecule has 0 amide bonds. The molecule has 0 aliphatic heterocycles. The van der Waals surface area contributed by atoms with Crippen molar-refractivity contribution in [3.63, 3.8) is 0 Å². The Kier molecular flexibility index (Phi) is 5.48. The van der Waals surface area contributed by atoms with Crippen molar-refractivity contribution >= 4 is 5.97 Å². The Hall–Kier alpha value is -0.570. The smallest absolute Gasteiger partial charge is 0.313 e. The van der Waals surface area contributed by atoms with Crippen molar-refractivity contribution in [1.29, 1.82) is 0 Å². The minimum absolute atomic E-state index is 0.00588. The number of nitrogens with two attached hydrogens (primary N) is 1. The van der Waals surface area contributed by atoms with E-state index in [1.165, 1.54) is 19.3 Å². The van der Waals surface area contributed by atoms with E-state index in [1.54, 1.807) is 0 Å². The van der Waals surface area contributed by atoms with E-state index in [4.69, 9.17) is 10.5 Å². The van der Waals surface area contributed by atoms with Crippen molar-refractivity contribution in [2.75, 3.05) is 6.54 Å². The van der Waals surface area contributed by atoms with Gasteiger partial charge >= 0.3 is 5.97 Å². The van der Waals surface area contributed by atoms with Crippen molar-refractivity contribution in [2.45, 2.75) is 77.7 Å². The first-order chi connectivity index (χ1) is 9.59. The molecule has 0 aromatic carbocycles. The third-order valence-corrected chi connectivity index (χ3v) is 5.64. The Morgan fingerprint density at radius 2 is 1.95 bits per heavy atom. The zero-order valence-electron chi connectivity index (χ0n) is 13.2. The molecule has 2 aliphatic carbocycles. The second-order valence-corrected chi connectivity index (χ2v) is 7.14. The maximum atomic E-state index is 12.6. The number of carbonyl (C=O) groups is 1. The zero-order chi connectivity index (χ0) is 14.6. The lowest BCUT2D eigenvalue weighted by Gasteiger charge is -2.38. The number of esters is 1. The van der Waals surface area contributed by atoms with Crippen LogP contribution in [0.25, 0.3) is 0 Å². The lowest BCUT2D eigenvalue weighted by Crippen LogP contribution is -2.44. The number of hydrogen-bond acceptors (Lipinski definition) is 3. The molecule has 2 rings (SSSR count). The molecule has 3 nitrogen and oxygen atoms in total. The molecule has 0 spiro atoms. The van der Waals surface area contributed by atoms with Gasteiger partial charge in [-0.15, -0.1) is 0 Å². The molecule has 2 atom stereocenters. The normalized spacial score (nSPS) is 38.5. The summed E-state index contributed by atoms with van der Waals surface area (Å²) in [4.78, 5) is 12.6. The molecule has 0 bridgehead atoms. The number of rotatable bonds is 4. The summed E-state index contributed by atoms with van der Waals surface area (Å²) >= 11 is 0. The van der Waals surface area contributed by atoms with Crippen LogP contribution in [0.5, 0.6) is 0 Å². The minimum Gasteiger partial charge on any atom is -0.462 e. The quantitative estimate of drug-likeness (QED) is 0.800. The van der Waals surface area contributed by atoms with Crippen LogP contribution in [0.2, 0.25) is 0 Å². The SMILES string of the molecule is CCC1CCCC(OC(=O)C2(CN)CCC(C)CC2)C1. The summed E-state index contributed by atoms with van der Waals surface area (Å²) in [7, 11) is 0. The Labute approximate surface area is 123 Å². The standard InChI is InChI=1S/C17H31NO2/c1-3-14-5-4-6-15(11-14)20-16(19)17(12-18)9-7-13(2)8-10-17/h13-15H,3-12,18H2,1-2H3. The Balaban J connectivity index is 1.92. The van der Waals surface area contributed by atoms with E-state index in [0.29, 0.717) is 6.54 Å². The highest BCUT2D eigenvalue weighted by Crippen LogP contribution is 2.40. The number of carbonyl (C=O) groups excluding carboxylic acids is 1. The molecular weight excluding hydrogens is 250 g/mol. The lowest BCUT2D eigenvalue weighted by molar-refractivity contribution is -0.166. The maximum absolute atomic E-state index is 12.6. The molecule has 2 aliphatic rings. The average molecular weight is 281 g/mol. The third-order valence-electron chi connectivity index (χ3n) is 5.64. The minimum atomic E-state index is -0.383. The molecular formula is C17H31NO2. The first-order valence-electron chi connectivity index (χ1n) is 8.51. The molecule has 2 saturated carbocycles. The number of hydrogen-bond donors (Lipinski definition) is 1. The second kappa shape index (κ2) is 6.93. The van der Waals surface area contributed by atoms with Gasteiger partial charge in [-0.25, -0.2) is 0 Å². The first kappa shape index (κ1) is 15.8. The predicted molar refractivity (Wildman–Crippen MR) is 81.2 cm³/mol. The highest BCUT2D eigenvalue weighted by atomic mass is 16.5. The summed E-state index contributed by atoms with van der Waals surface area (Å²) in [6, 6.07) is 0. The molecule has 2 fully saturated rings. The van der Waals surface area contributed by atoms with Crippen LogP contribution in [0.1, 0.15) is 71.6 Å². The molecule has 2 N–H and O–H groups in total. The van der Waals surface area contributed by atoms with Gasteiger partial charge in [-0.2, -0.15) is 0 Å².